The van der Waals surface area contributed by atoms with Crippen LogP contribution in [0.2, 0.25) is 0 Å². The van der Waals surface area contributed by atoms with Gasteiger partial charge in [0.15, 0.2) is 0 Å². The zero-order valence-electron chi connectivity index (χ0n) is 14.1. The van der Waals surface area contributed by atoms with Crippen molar-refractivity contribution in [3.63, 3.8) is 0 Å². The van der Waals surface area contributed by atoms with E-state index in [0.717, 1.165) is 17.9 Å². The first-order chi connectivity index (χ1) is 10.2. The summed E-state index contributed by atoms with van der Waals surface area (Å²) in [6.07, 6.45) is 10.3. The Bertz CT molecular complexity index is 325. The van der Waals surface area contributed by atoms with Crippen molar-refractivity contribution in [2.75, 3.05) is 31.1 Å². The van der Waals surface area contributed by atoms with Crippen LogP contribution in [0.4, 0.5) is 0 Å². The highest BCUT2D eigenvalue weighted by Gasteiger charge is 2.48. The van der Waals surface area contributed by atoms with Gasteiger partial charge in [0, 0.05) is 37.0 Å². The molecule has 0 aromatic rings. The van der Waals surface area contributed by atoms with Crippen LogP contribution < -0.4 is 5.32 Å². The molecule has 122 valence electrons. The quantitative estimate of drug-likeness (QED) is 0.752. The van der Waals surface area contributed by atoms with Crippen molar-refractivity contribution >= 4 is 11.8 Å². The smallest absolute Gasteiger partial charge is 0.0335 e. The lowest BCUT2D eigenvalue weighted by molar-refractivity contribution is 0.0227. The Morgan fingerprint density at radius 3 is 2.57 bits per heavy atom. The molecule has 0 radical (unpaired) electrons. The van der Waals surface area contributed by atoms with Gasteiger partial charge in [-0.15, -0.1) is 0 Å². The van der Waals surface area contributed by atoms with Crippen molar-refractivity contribution in [1.82, 2.24) is 10.2 Å². The summed E-state index contributed by atoms with van der Waals surface area (Å²) in [5.41, 5.74) is 0.444. The second-order valence-corrected chi connectivity index (χ2v) is 9.05. The van der Waals surface area contributed by atoms with Crippen LogP contribution >= 0.6 is 11.8 Å². The third kappa shape index (κ3) is 3.79. The monoisotopic (exact) mass is 310 g/mol. The fourth-order valence-electron chi connectivity index (χ4n) is 4.59. The van der Waals surface area contributed by atoms with E-state index in [-0.39, 0.29) is 0 Å². The number of nitrogens with one attached hydrogen (secondary N) is 1. The molecule has 0 aromatic carbocycles. The van der Waals surface area contributed by atoms with Gasteiger partial charge in [-0.05, 0) is 50.2 Å². The Hall–Kier alpha value is 0.270. The second kappa shape index (κ2) is 7.23. The van der Waals surface area contributed by atoms with Gasteiger partial charge in [0.25, 0.3) is 0 Å². The van der Waals surface area contributed by atoms with E-state index in [1.807, 2.05) is 0 Å². The third-order valence-corrected chi connectivity index (χ3v) is 7.13. The standard InChI is InChI=1S/C18H34N2S/c1-3-21-12-11-20-13-17(15-7-5-4-6-8-15)19-14-18(20,2)16-9-10-16/h15-17,19H,3-14H2,1-2H3. The molecule has 2 nitrogen and oxygen atoms in total. The molecule has 1 N–H and O–H groups in total. The number of thioether (sulfide) groups is 1. The van der Waals surface area contributed by atoms with E-state index < -0.39 is 0 Å². The van der Waals surface area contributed by atoms with Gasteiger partial charge in [-0.3, -0.25) is 4.90 Å². The van der Waals surface area contributed by atoms with Gasteiger partial charge in [0.05, 0.1) is 0 Å². The van der Waals surface area contributed by atoms with E-state index in [0.29, 0.717) is 5.54 Å². The van der Waals surface area contributed by atoms with Gasteiger partial charge in [-0.2, -0.15) is 11.8 Å². The van der Waals surface area contributed by atoms with Gasteiger partial charge in [0.2, 0.25) is 0 Å². The first-order valence-electron chi connectivity index (χ1n) is 9.30. The van der Waals surface area contributed by atoms with E-state index in [1.165, 1.54) is 76.1 Å². The molecule has 3 heteroatoms. The van der Waals surface area contributed by atoms with Crippen molar-refractivity contribution in [2.45, 2.75) is 70.4 Å². The Morgan fingerprint density at radius 2 is 1.90 bits per heavy atom. The molecule has 3 fully saturated rings. The van der Waals surface area contributed by atoms with Gasteiger partial charge >= 0.3 is 0 Å². The molecule has 2 unspecified atom stereocenters. The van der Waals surface area contributed by atoms with E-state index in [9.17, 15) is 0 Å². The number of rotatable bonds is 6. The normalized spacial score (nSPS) is 36.0. The summed E-state index contributed by atoms with van der Waals surface area (Å²) in [4.78, 5) is 2.88. The van der Waals surface area contributed by atoms with E-state index >= 15 is 0 Å². The second-order valence-electron chi connectivity index (χ2n) is 7.66. The molecule has 2 aliphatic carbocycles. The summed E-state index contributed by atoms with van der Waals surface area (Å²) >= 11 is 2.11. The van der Waals surface area contributed by atoms with Gasteiger partial charge in [-0.1, -0.05) is 26.2 Å². The van der Waals surface area contributed by atoms with Crippen LogP contribution in [0, 0.1) is 11.8 Å². The highest BCUT2D eigenvalue weighted by Crippen LogP contribution is 2.44. The average molecular weight is 311 g/mol. The number of hydrogen-bond donors (Lipinski definition) is 1. The molecule has 2 saturated carbocycles. The van der Waals surface area contributed by atoms with E-state index in [2.05, 4.69) is 35.8 Å². The fraction of sp³-hybridized carbons (Fsp3) is 1.00. The van der Waals surface area contributed by atoms with Crippen LogP contribution in [-0.4, -0.2) is 47.6 Å². The minimum atomic E-state index is 0.444. The molecule has 0 bridgehead atoms. The lowest BCUT2D eigenvalue weighted by Gasteiger charge is -2.51. The highest BCUT2D eigenvalue weighted by atomic mass is 32.2. The van der Waals surface area contributed by atoms with Crippen molar-refractivity contribution in [2.24, 2.45) is 11.8 Å². The molecule has 2 atom stereocenters. The summed E-state index contributed by atoms with van der Waals surface area (Å²) in [7, 11) is 0. The molecule has 1 heterocycles. The van der Waals surface area contributed by atoms with Gasteiger partial charge in [0.1, 0.15) is 0 Å². The Balaban J connectivity index is 1.61. The maximum absolute atomic E-state index is 3.97. The maximum atomic E-state index is 3.97. The molecule has 3 aliphatic rings. The van der Waals surface area contributed by atoms with Crippen LogP contribution in [0.3, 0.4) is 0 Å². The van der Waals surface area contributed by atoms with Crippen LogP contribution in [0.5, 0.6) is 0 Å². The molecule has 1 saturated heterocycles. The summed E-state index contributed by atoms with van der Waals surface area (Å²) < 4.78 is 0. The van der Waals surface area contributed by atoms with E-state index in [4.69, 9.17) is 0 Å². The summed E-state index contributed by atoms with van der Waals surface area (Å²) in [6, 6.07) is 0.767. The van der Waals surface area contributed by atoms with Crippen LogP contribution in [0.25, 0.3) is 0 Å². The first-order valence-corrected chi connectivity index (χ1v) is 10.5. The molecule has 0 amide bonds. The molecule has 3 rings (SSSR count). The zero-order valence-corrected chi connectivity index (χ0v) is 14.9. The lowest BCUT2D eigenvalue weighted by atomic mass is 9.80. The minimum Gasteiger partial charge on any atom is -0.311 e. The summed E-state index contributed by atoms with van der Waals surface area (Å²) in [6.45, 7) is 8.66. The SMILES string of the molecule is CCSCCN1CC(C2CCCCC2)NCC1(C)C1CC1. The zero-order chi connectivity index (χ0) is 14.7. The average Bonchev–Trinajstić information content (AvgIpc) is 3.35. The lowest BCUT2D eigenvalue weighted by Crippen LogP contribution is -2.66. The maximum Gasteiger partial charge on any atom is 0.0335 e. The predicted molar refractivity (Wildman–Crippen MR) is 94.1 cm³/mol. The summed E-state index contributed by atoms with van der Waals surface area (Å²) in [5, 5.41) is 3.97. The molecule has 0 spiro atoms. The van der Waals surface area contributed by atoms with Crippen molar-refractivity contribution < 1.29 is 0 Å². The highest BCUT2D eigenvalue weighted by molar-refractivity contribution is 7.99. The Labute approximate surface area is 135 Å². The molecular formula is C18H34N2S. The fourth-order valence-corrected chi connectivity index (χ4v) is 5.22. The topological polar surface area (TPSA) is 15.3 Å². The molecular weight excluding hydrogens is 276 g/mol. The van der Waals surface area contributed by atoms with Gasteiger partial charge < -0.3 is 5.32 Å². The van der Waals surface area contributed by atoms with Gasteiger partial charge in [-0.25, -0.2) is 0 Å². The van der Waals surface area contributed by atoms with Crippen molar-refractivity contribution in [1.29, 1.82) is 0 Å². The van der Waals surface area contributed by atoms with Crippen molar-refractivity contribution in [3.05, 3.63) is 0 Å². The summed E-state index contributed by atoms with van der Waals surface area (Å²) in [5.74, 6) is 4.49. The molecule has 1 aliphatic heterocycles. The van der Waals surface area contributed by atoms with Crippen molar-refractivity contribution in [3.8, 4) is 0 Å². The minimum absolute atomic E-state index is 0.444. The first kappa shape index (κ1) is 16.1. The third-order valence-electron chi connectivity index (χ3n) is 6.25. The molecule has 0 aromatic heterocycles. The predicted octanol–water partition coefficient (Wildman–Crippen LogP) is 3.76. The van der Waals surface area contributed by atoms with Crippen LogP contribution in [0.1, 0.15) is 58.8 Å². The largest absolute Gasteiger partial charge is 0.311 e. The number of piperazine rings is 1. The number of hydrogen-bond acceptors (Lipinski definition) is 3. The van der Waals surface area contributed by atoms with E-state index in [1.54, 1.807) is 0 Å². The Kier molecular flexibility index (Phi) is 5.55. The van der Waals surface area contributed by atoms with Crippen LogP contribution in [-0.2, 0) is 0 Å². The molecule has 21 heavy (non-hydrogen) atoms. The number of nitrogens with zero attached hydrogens (tertiary/aromatic N) is 1. The Morgan fingerprint density at radius 1 is 1.14 bits per heavy atom. The van der Waals surface area contributed by atoms with Crippen LogP contribution in [0.15, 0.2) is 0 Å².